The van der Waals surface area contributed by atoms with Crippen LogP contribution in [0.4, 0.5) is 0 Å². The van der Waals surface area contributed by atoms with E-state index in [-0.39, 0.29) is 6.04 Å². The lowest BCUT2D eigenvalue weighted by Gasteiger charge is -2.15. The van der Waals surface area contributed by atoms with Crippen LogP contribution in [0, 0.1) is 6.92 Å². The van der Waals surface area contributed by atoms with Gasteiger partial charge in [0.15, 0.2) is 0 Å². The van der Waals surface area contributed by atoms with Crippen LogP contribution >= 0.6 is 15.9 Å². The summed E-state index contributed by atoms with van der Waals surface area (Å²) in [6.45, 7) is 2.03. The molecule has 3 nitrogen and oxygen atoms in total. The minimum Gasteiger partial charge on any atom is -0.497 e. The van der Waals surface area contributed by atoms with Crippen LogP contribution in [0.5, 0.6) is 5.75 Å². The molecule has 0 radical (unpaired) electrons. The minimum atomic E-state index is -0.121. The van der Waals surface area contributed by atoms with Crippen LogP contribution in [0.25, 0.3) is 0 Å². The van der Waals surface area contributed by atoms with Gasteiger partial charge in [-0.15, -0.1) is 0 Å². The van der Waals surface area contributed by atoms with E-state index in [9.17, 15) is 0 Å². The molecule has 0 aliphatic carbocycles. The van der Waals surface area contributed by atoms with Crippen LogP contribution in [0.2, 0.25) is 0 Å². The van der Waals surface area contributed by atoms with Gasteiger partial charge in [-0.2, -0.15) is 0 Å². The van der Waals surface area contributed by atoms with E-state index >= 15 is 0 Å². The third-order valence-corrected chi connectivity index (χ3v) is 3.87. The second-order valence-corrected chi connectivity index (χ2v) is 5.33. The molecule has 0 fully saturated rings. The van der Waals surface area contributed by atoms with Gasteiger partial charge >= 0.3 is 0 Å². The van der Waals surface area contributed by atoms with Gasteiger partial charge < -0.3 is 10.5 Å². The molecule has 4 heteroatoms. The van der Waals surface area contributed by atoms with Crippen molar-refractivity contribution in [2.45, 2.75) is 19.4 Å². The average Bonchev–Trinajstić information content (AvgIpc) is 2.41. The summed E-state index contributed by atoms with van der Waals surface area (Å²) in [6.07, 6.45) is 2.50. The van der Waals surface area contributed by atoms with Crippen LogP contribution in [0.15, 0.2) is 41.0 Å². The Balaban J connectivity index is 2.24. The molecule has 100 valence electrons. The predicted octanol–water partition coefficient (Wildman–Crippen LogP) is 3.40. The third-order valence-electron chi connectivity index (χ3n) is 3.09. The van der Waals surface area contributed by atoms with Crippen molar-refractivity contribution in [3.63, 3.8) is 0 Å². The Bertz CT molecular complexity index is 572. The fourth-order valence-corrected chi connectivity index (χ4v) is 2.46. The molecular weight excluding hydrogens is 304 g/mol. The molecule has 1 unspecified atom stereocenters. The van der Waals surface area contributed by atoms with E-state index < -0.39 is 0 Å². The summed E-state index contributed by atoms with van der Waals surface area (Å²) in [4.78, 5) is 4.38. The number of benzene rings is 1. The first kappa shape index (κ1) is 14.0. The molecule has 1 heterocycles. The van der Waals surface area contributed by atoms with E-state index in [2.05, 4.69) is 20.9 Å². The van der Waals surface area contributed by atoms with Crippen LogP contribution in [-0.4, -0.2) is 12.1 Å². The maximum atomic E-state index is 6.26. The zero-order valence-corrected chi connectivity index (χ0v) is 12.6. The minimum absolute atomic E-state index is 0.121. The van der Waals surface area contributed by atoms with Gasteiger partial charge in [0.05, 0.1) is 18.8 Å². The zero-order valence-electron chi connectivity index (χ0n) is 11.1. The first-order valence-electron chi connectivity index (χ1n) is 6.11. The van der Waals surface area contributed by atoms with Crippen LogP contribution in [0.3, 0.4) is 0 Å². The van der Waals surface area contributed by atoms with E-state index in [1.54, 1.807) is 13.3 Å². The van der Waals surface area contributed by atoms with Crippen LogP contribution < -0.4 is 10.5 Å². The van der Waals surface area contributed by atoms with Crippen LogP contribution in [0.1, 0.15) is 22.9 Å². The predicted molar refractivity (Wildman–Crippen MR) is 80.3 cm³/mol. The summed E-state index contributed by atoms with van der Waals surface area (Å²) in [7, 11) is 1.66. The van der Waals surface area contributed by atoms with Crippen molar-refractivity contribution in [1.82, 2.24) is 4.98 Å². The first-order chi connectivity index (χ1) is 9.11. The molecule has 2 rings (SSSR count). The molecule has 0 saturated carbocycles. The van der Waals surface area contributed by atoms with Gasteiger partial charge in [-0.05, 0) is 48.7 Å². The third kappa shape index (κ3) is 3.33. The fourth-order valence-electron chi connectivity index (χ4n) is 2.05. The SMILES string of the molecule is COc1ccc(Br)c(CC(N)c2ncccc2C)c1. The van der Waals surface area contributed by atoms with E-state index in [0.29, 0.717) is 0 Å². The summed E-state index contributed by atoms with van der Waals surface area (Å²) < 4.78 is 6.28. The van der Waals surface area contributed by atoms with Crippen molar-refractivity contribution in [1.29, 1.82) is 0 Å². The Morgan fingerprint density at radius 1 is 1.37 bits per heavy atom. The Kier molecular flexibility index (Phi) is 4.56. The monoisotopic (exact) mass is 320 g/mol. The molecule has 1 aromatic heterocycles. The molecule has 0 saturated heterocycles. The maximum absolute atomic E-state index is 6.26. The second-order valence-electron chi connectivity index (χ2n) is 4.47. The number of pyridine rings is 1. The molecular formula is C15H17BrN2O. The topological polar surface area (TPSA) is 48.1 Å². The summed E-state index contributed by atoms with van der Waals surface area (Å²) in [5.74, 6) is 0.836. The van der Waals surface area contributed by atoms with Crippen molar-refractivity contribution >= 4 is 15.9 Å². The molecule has 2 aromatic rings. The fraction of sp³-hybridized carbons (Fsp3) is 0.267. The molecule has 0 bridgehead atoms. The molecule has 0 aliphatic heterocycles. The normalized spacial score (nSPS) is 12.2. The van der Waals surface area contributed by atoms with Crippen molar-refractivity contribution < 1.29 is 4.74 Å². The van der Waals surface area contributed by atoms with E-state index in [1.165, 1.54) is 0 Å². The summed E-state index contributed by atoms with van der Waals surface area (Å²) in [5, 5.41) is 0. The van der Waals surface area contributed by atoms with Gasteiger partial charge in [0.1, 0.15) is 5.75 Å². The first-order valence-corrected chi connectivity index (χ1v) is 6.90. The highest BCUT2D eigenvalue weighted by molar-refractivity contribution is 9.10. The summed E-state index contributed by atoms with van der Waals surface area (Å²) >= 11 is 3.55. The number of ether oxygens (including phenoxy) is 1. The Morgan fingerprint density at radius 2 is 2.16 bits per heavy atom. The quantitative estimate of drug-likeness (QED) is 0.939. The van der Waals surface area contributed by atoms with Crippen LogP contribution in [-0.2, 0) is 6.42 Å². The standard InChI is InChI=1S/C15H17BrN2O/c1-10-4-3-7-18-15(10)14(17)9-11-8-12(19-2)5-6-13(11)16/h3-8,14H,9,17H2,1-2H3. The van der Waals surface area contributed by atoms with Gasteiger partial charge in [-0.1, -0.05) is 22.0 Å². The van der Waals surface area contributed by atoms with Crippen molar-refractivity contribution in [2.75, 3.05) is 7.11 Å². The Hall–Kier alpha value is -1.39. The Morgan fingerprint density at radius 3 is 2.84 bits per heavy atom. The lowest BCUT2D eigenvalue weighted by molar-refractivity contribution is 0.414. The average molecular weight is 321 g/mol. The van der Waals surface area contributed by atoms with E-state index in [4.69, 9.17) is 10.5 Å². The molecule has 2 N–H and O–H groups in total. The molecule has 1 atom stereocenters. The lowest BCUT2D eigenvalue weighted by atomic mass is 10.0. The smallest absolute Gasteiger partial charge is 0.119 e. The van der Waals surface area contributed by atoms with Crippen molar-refractivity contribution in [3.8, 4) is 5.75 Å². The summed E-state index contributed by atoms with van der Waals surface area (Å²) in [6, 6.07) is 9.74. The number of aryl methyl sites for hydroxylation is 1. The second kappa shape index (κ2) is 6.17. The number of rotatable bonds is 4. The highest BCUT2D eigenvalue weighted by Crippen LogP contribution is 2.26. The molecule has 0 spiro atoms. The largest absolute Gasteiger partial charge is 0.497 e. The Labute approximate surface area is 121 Å². The van der Waals surface area contributed by atoms with Crippen molar-refractivity contribution in [2.24, 2.45) is 5.73 Å². The van der Waals surface area contributed by atoms with Gasteiger partial charge in [-0.25, -0.2) is 0 Å². The molecule has 19 heavy (non-hydrogen) atoms. The highest BCUT2D eigenvalue weighted by atomic mass is 79.9. The maximum Gasteiger partial charge on any atom is 0.119 e. The lowest BCUT2D eigenvalue weighted by Crippen LogP contribution is -2.16. The van der Waals surface area contributed by atoms with Gasteiger partial charge in [0, 0.05) is 10.7 Å². The summed E-state index contributed by atoms with van der Waals surface area (Å²) in [5.41, 5.74) is 9.45. The van der Waals surface area contributed by atoms with Crippen molar-refractivity contribution in [3.05, 3.63) is 57.8 Å². The van der Waals surface area contributed by atoms with E-state index in [1.807, 2.05) is 37.3 Å². The number of methoxy groups -OCH3 is 1. The van der Waals surface area contributed by atoms with Gasteiger partial charge in [0.25, 0.3) is 0 Å². The number of hydrogen-bond acceptors (Lipinski definition) is 3. The number of nitrogens with two attached hydrogens (primary N) is 1. The number of nitrogens with zero attached hydrogens (tertiary/aromatic N) is 1. The van der Waals surface area contributed by atoms with Gasteiger partial charge in [0.2, 0.25) is 0 Å². The van der Waals surface area contributed by atoms with Gasteiger partial charge in [-0.3, -0.25) is 4.98 Å². The highest BCUT2D eigenvalue weighted by Gasteiger charge is 2.13. The molecule has 0 amide bonds. The number of hydrogen-bond donors (Lipinski definition) is 1. The number of halogens is 1. The number of aromatic nitrogens is 1. The molecule has 1 aromatic carbocycles. The molecule has 0 aliphatic rings. The zero-order chi connectivity index (χ0) is 13.8. The van der Waals surface area contributed by atoms with E-state index in [0.717, 1.165) is 33.5 Å².